The quantitative estimate of drug-likeness (QED) is 0.691. The molecule has 3 unspecified atom stereocenters. The van der Waals surface area contributed by atoms with Gasteiger partial charge >= 0.3 is 0 Å². The molecule has 0 bridgehead atoms. The highest BCUT2D eigenvalue weighted by Crippen LogP contribution is 2.19. The van der Waals surface area contributed by atoms with Gasteiger partial charge in [-0.05, 0) is 46.1 Å². The fraction of sp³-hybridized carbons (Fsp3) is 0.857. The Morgan fingerprint density at radius 3 is 2.53 bits per heavy atom. The third-order valence-electron chi connectivity index (χ3n) is 3.59. The van der Waals surface area contributed by atoms with Crippen LogP contribution in [0.25, 0.3) is 0 Å². The number of nitrogens with one attached hydrogen (secondary N) is 3. The molecule has 1 heterocycles. The maximum atomic E-state index is 12.1. The van der Waals surface area contributed by atoms with E-state index >= 15 is 0 Å². The number of carbonyl (C=O) groups is 2. The zero-order valence-corrected chi connectivity index (χ0v) is 12.5. The van der Waals surface area contributed by atoms with Crippen LogP contribution in [0.1, 0.15) is 47.0 Å². The number of carbonyl (C=O) groups excluding carboxylic acids is 2. The van der Waals surface area contributed by atoms with Crippen LogP contribution in [-0.4, -0.2) is 36.5 Å². The molecule has 1 aliphatic rings. The average Bonchev–Trinajstić information content (AvgIpc) is 2.37. The molecule has 5 nitrogen and oxygen atoms in total. The molecule has 0 saturated carbocycles. The molecule has 2 amide bonds. The summed E-state index contributed by atoms with van der Waals surface area (Å²) in [5.41, 5.74) is 0. The van der Waals surface area contributed by atoms with Crippen LogP contribution < -0.4 is 16.0 Å². The Bertz CT molecular complexity index is 318. The lowest BCUT2D eigenvalue weighted by atomic mass is 9.90. The molecule has 19 heavy (non-hydrogen) atoms. The van der Waals surface area contributed by atoms with Crippen molar-refractivity contribution in [2.75, 3.05) is 6.54 Å². The van der Waals surface area contributed by atoms with Crippen molar-refractivity contribution >= 4 is 11.8 Å². The molecule has 1 rings (SSSR count). The van der Waals surface area contributed by atoms with E-state index in [0.717, 1.165) is 25.8 Å². The standard InChI is InChI=1S/C14H27N3O2/c1-5-11-6-7-15-12(8-11)14(19)17-10(4)13(18)16-9(2)3/h9-12,15H,5-8H2,1-4H3,(H,16,18)(H,17,19). The Hall–Kier alpha value is -1.10. The van der Waals surface area contributed by atoms with E-state index in [9.17, 15) is 9.59 Å². The van der Waals surface area contributed by atoms with E-state index in [1.807, 2.05) is 13.8 Å². The van der Waals surface area contributed by atoms with Crippen LogP contribution in [-0.2, 0) is 9.59 Å². The number of piperidine rings is 1. The Balaban J connectivity index is 2.43. The van der Waals surface area contributed by atoms with Crippen molar-refractivity contribution in [1.82, 2.24) is 16.0 Å². The number of hydrogen-bond acceptors (Lipinski definition) is 3. The lowest BCUT2D eigenvalue weighted by Crippen LogP contribution is -2.54. The largest absolute Gasteiger partial charge is 0.352 e. The summed E-state index contributed by atoms with van der Waals surface area (Å²) in [6, 6.07) is -0.559. The van der Waals surface area contributed by atoms with Crippen molar-refractivity contribution < 1.29 is 9.59 Å². The van der Waals surface area contributed by atoms with Crippen LogP contribution in [0.3, 0.4) is 0 Å². The highest BCUT2D eigenvalue weighted by atomic mass is 16.2. The molecule has 0 aromatic heterocycles. The number of amides is 2. The van der Waals surface area contributed by atoms with E-state index < -0.39 is 6.04 Å². The normalized spacial score (nSPS) is 24.9. The molecular weight excluding hydrogens is 242 g/mol. The van der Waals surface area contributed by atoms with E-state index in [1.165, 1.54) is 0 Å². The van der Waals surface area contributed by atoms with Crippen LogP contribution in [0.15, 0.2) is 0 Å². The van der Waals surface area contributed by atoms with Crippen LogP contribution in [0, 0.1) is 5.92 Å². The van der Waals surface area contributed by atoms with Gasteiger partial charge < -0.3 is 16.0 Å². The molecule has 1 aliphatic heterocycles. The summed E-state index contributed by atoms with van der Waals surface area (Å²) < 4.78 is 0. The van der Waals surface area contributed by atoms with Gasteiger partial charge in [0, 0.05) is 6.04 Å². The molecule has 0 spiro atoms. The molecule has 3 atom stereocenters. The predicted molar refractivity (Wildman–Crippen MR) is 75.7 cm³/mol. The van der Waals surface area contributed by atoms with Gasteiger partial charge in [0.05, 0.1) is 6.04 Å². The van der Waals surface area contributed by atoms with Crippen LogP contribution in [0.4, 0.5) is 0 Å². The predicted octanol–water partition coefficient (Wildman–Crippen LogP) is 0.794. The van der Waals surface area contributed by atoms with Gasteiger partial charge in [-0.15, -0.1) is 0 Å². The van der Waals surface area contributed by atoms with Gasteiger partial charge in [-0.2, -0.15) is 0 Å². The summed E-state index contributed by atoms with van der Waals surface area (Å²) in [5.74, 6) is 0.410. The minimum atomic E-state index is -0.487. The van der Waals surface area contributed by atoms with Crippen LogP contribution in [0.2, 0.25) is 0 Å². The third-order valence-corrected chi connectivity index (χ3v) is 3.59. The summed E-state index contributed by atoms with van der Waals surface area (Å²) in [6.07, 6.45) is 3.10. The second kappa shape index (κ2) is 7.48. The molecular formula is C14H27N3O2. The fourth-order valence-electron chi connectivity index (χ4n) is 2.36. The zero-order chi connectivity index (χ0) is 14.4. The van der Waals surface area contributed by atoms with Gasteiger partial charge in [0.1, 0.15) is 6.04 Å². The average molecular weight is 269 g/mol. The van der Waals surface area contributed by atoms with E-state index in [-0.39, 0.29) is 23.9 Å². The summed E-state index contributed by atoms with van der Waals surface area (Å²) >= 11 is 0. The molecule has 0 aliphatic carbocycles. The highest BCUT2D eigenvalue weighted by molar-refractivity contribution is 5.89. The van der Waals surface area contributed by atoms with E-state index in [1.54, 1.807) is 6.92 Å². The maximum absolute atomic E-state index is 12.1. The van der Waals surface area contributed by atoms with Crippen molar-refractivity contribution in [3.8, 4) is 0 Å². The highest BCUT2D eigenvalue weighted by Gasteiger charge is 2.27. The van der Waals surface area contributed by atoms with Gasteiger partial charge in [0.2, 0.25) is 11.8 Å². The topological polar surface area (TPSA) is 70.2 Å². The molecule has 5 heteroatoms. The lowest BCUT2D eigenvalue weighted by molar-refractivity contribution is -0.130. The molecule has 0 aromatic rings. The third kappa shape index (κ3) is 5.19. The van der Waals surface area contributed by atoms with Crippen molar-refractivity contribution in [2.24, 2.45) is 5.92 Å². The zero-order valence-electron chi connectivity index (χ0n) is 12.5. The SMILES string of the molecule is CCC1CCNC(C(=O)NC(C)C(=O)NC(C)C)C1. The Kier molecular flexibility index (Phi) is 6.28. The first-order valence-electron chi connectivity index (χ1n) is 7.28. The van der Waals surface area contributed by atoms with Gasteiger partial charge in [0.15, 0.2) is 0 Å². The first kappa shape index (κ1) is 16.0. The van der Waals surface area contributed by atoms with Crippen molar-refractivity contribution in [2.45, 2.75) is 65.1 Å². The molecule has 1 saturated heterocycles. The van der Waals surface area contributed by atoms with Crippen LogP contribution in [0.5, 0.6) is 0 Å². The molecule has 0 radical (unpaired) electrons. The van der Waals surface area contributed by atoms with Gasteiger partial charge in [0.25, 0.3) is 0 Å². The maximum Gasteiger partial charge on any atom is 0.242 e. The fourth-order valence-corrected chi connectivity index (χ4v) is 2.36. The molecule has 110 valence electrons. The van der Waals surface area contributed by atoms with Crippen LogP contribution >= 0.6 is 0 Å². The Morgan fingerprint density at radius 2 is 1.95 bits per heavy atom. The van der Waals surface area contributed by atoms with E-state index in [4.69, 9.17) is 0 Å². The first-order valence-corrected chi connectivity index (χ1v) is 7.28. The minimum absolute atomic E-state index is 0.0652. The van der Waals surface area contributed by atoms with Gasteiger partial charge in [-0.25, -0.2) is 0 Å². The van der Waals surface area contributed by atoms with Crippen molar-refractivity contribution in [3.05, 3.63) is 0 Å². The summed E-state index contributed by atoms with van der Waals surface area (Å²) in [6.45, 7) is 8.56. The monoisotopic (exact) mass is 269 g/mol. The van der Waals surface area contributed by atoms with E-state index in [2.05, 4.69) is 22.9 Å². The Morgan fingerprint density at radius 1 is 1.26 bits per heavy atom. The second-order valence-electron chi connectivity index (χ2n) is 5.70. The molecule has 1 fully saturated rings. The smallest absolute Gasteiger partial charge is 0.242 e. The number of rotatable bonds is 5. The Labute approximate surface area is 115 Å². The van der Waals surface area contributed by atoms with E-state index in [0.29, 0.717) is 5.92 Å². The summed E-state index contributed by atoms with van der Waals surface area (Å²) in [4.78, 5) is 23.9. The second-order valence-corrected chi connectivity index (χ2v) is 5.70. The molecule has 0 aromatic carbocycles. The molecule has 3 N–H and O–H groups in total. The number of hydrogen-bond donors (Lipinski definition) is 3. The lowest BCUT2D eigenvalue weighted by Gasteiger charge is -2.29. The van der Waals surface area contributed by atoms with Gasteiger partial charge in [-0.3, -0.25) is 9.59 Å². The van der Waals surface area contributed by atoms with Crippen molar-refractivity contribution in [3.63, 3.8) is 0 Å². The minimum Gasteiger partial charge on any atom is -0.352 e. The summed E-state index contributed by atoms with van der Waals surface area (Å²) in [7, 11) is 0. The van der Waals surface area contributed by atoms with Crippen molar-refractivity contribution in [1.29, 1.82) is 0 Å². The first-order chi connectivity index (χ1) is 8.93. The summed E-state index contributed by atoms with van der Waals surface area (Å²) in [5, 5.41) is 8.81. The van der Waals surface area contributed by atoms with Gasteiger partial charge in [-0.1, -0.05) is 13.3 Å².